The number of ether oxygens (including phenoxy) is 1. The van der Waals surface area contributed by atoms with E-state index in [1.54, 1.807) is 6.07 Å². The minimum absolute atomic E-state index is 0. The molecule has 0 aliphatic heterocycles. The Labute approximate surface area is 131 Å². The van der Waals surface area contributed by atoms with Gasteiger partial charge in [0.2, 0.25) is 5.91 Å². The topological polar surface area (TPSA) is 77.2 Å². The van der Waals surface area contributed by atoms with Crippen molar-refractivity contribution in [3.63, 3.8) is 0 Å². The molecule has 1 atom stereocenters. The van der Waals surface area contributed by atoms with Crippen LogP contribution in [0.1, 0.15) is 5.01 Å². The molecule has 0 spiro atoms. The molecule has 1 unspecified atom stereocenters. The Bertz CT molecular complexity index is 591. The van der Waals surface area contributed by atoms with Gasteiger partial charge in [0.15, 0.2) is 0 Å². The molecule has 2 aromatic rings. The molecule has 1 aromatic carbocycles. The third kappa shape index (κ3) is 4.29. The summed E-state index contributed by atoms with van der Waals surface area (Å²) in [6, 6.07) is 4.87. The number of carbonyl (C=O) groups excluding carboxylic acids is 1. The molecule has 0 aliphatic carbocycles. The highest BCUT2D eigenvalue weighted by Crippen LogP contribution is 2.24. The van der Waals surface area contributed by atoms with E-state index in [4.69, 9.17) is 22.1 Å². The van der Waals surface area contributed by atoms with Crippen LogP contribution in [-0.4, -0.2) is 30.6 Å². The Kier molecular flexibility index (Phi) is 6.64. The number of thiazole rings is 1. The molecule has 0 saturated carbocycles. The van der Waals surface area contributed by atoms with Crippen molar-refractivity contribution in [3.8, 4) is 0 Å². The first-order valence-electron chi connectivity index (χ1n) is 5.67. The fraction of sp³-hybridized carbons (Fsp3) is 0.333. The summed E-state index contributed by atoms with van der Waals surface area (Å²) >= 11 is 7.41. The third-order valence-electron chi connectivity index (χ3n) is 2.49. The first-order chi connectivity index (χ1) is 9.10. The van der Waals surface area contributed by atoms with Crippen molar-refractivity contribution < 1.29 is 9.53 Å². The number of hydrogen-bond donors (Lipinski definition) is 2. The van der Waals surface area contributed by atoms with Crippen LogP contribution in [0.25, 0.3) is 10.2 Å². The number of fused-ring (bicyclic) bond motifs is 1. The second-order valence-electron chi connectivity index (χ2n) is 4.00. The Morgan fingerprint density at radius 3 is 3.05 bits per heavy atom. The number of hydrogen-bond acceptors (Lipinski definition) is 5. The second kappa shape index (κ2) is 7.75. The number of benzene rings is 1. The largest absolute Gasteiger partial charge is 0.383 e. The fourth-order valence-electron chi connectivity index (χ4n) is 1.57. The summed E-state index contributed by atoms with van der Waals surface area (Å²) in [5.74, 6) is -0.251. The summed E-state index contributed by atoms with van der Waals surface area (Å²) in [7, 11) is 1.50. The van der Waals surface area contributed by atoms with E-state index in [1.807, 2.05) is 12.1 Å². The number of carbonyl (C=O) groups is 1. The molecule has 5 nitrogen and oxygen atoms in total. The smallest absolute Gasteiger partial charge is 0.239 e. The number of halogens is 2. The number of nitrogens with zero attached hydrogens (tertiary/aromatic N) is 1. The van der Waals surface area contributed by atoms with Gasteiger partial charge in [-0.2, -0.15) is 0 Å². The number of nitrogens with one attached hydrogen (secondary N) is 1. The van der Waals surface area contributed by atoms with Gasteiger partial charge in [0.05, 0.1) is 23.4 Å². The maximum atomic E-state index is 11.6. The number of rotatable bonds is 5. The third-order valence-corrected chi connectivity index (χ3v) is 3.76. The molecule has 0 radical (unpaired) electrons. The molecule has 2 rings (SSSR count). The number of aromatic nitrogens is 1. The van der Waals surface area contributed by atoms with Gasteiger partial charge in [0.25, 0.3) is 0 Å². The summed E-state index contributed by atoms with van der Waals surface area (Å²) in [5.41, 5.74) is 6.45. The van der Waals surface area contributed by atoms with Crippen molar-refractivity contribution in [1.29, 1.82) is 0 Å². The van der Waals surface area contributed by atoms with Crippen LogP contribution in [0.4, 0.5) is 0 Å². The summed E-state index contributed by atoms with van der Waals surface area (Å²) in [4.78, 5) is 16.0. The molecular formula is C12H15Cl2N3O2S. The lowest BCUT2D eigenvalue weighted by molar-refractivity contribution is -0.123. The van der Waals surface area contributed by atoms with E-state index in [0.717, 1.165) is 15.2 Å². The van der Waals surface area contributed by atoms with Crippen LogP contribution in [0.5, 0.6) is 0 Å². The summed E-state index contributed by atoms with van der Waals surface area (Å²) < 4.78 is 5.86. The molecule has 0 aliphatic rings. The number of methoxy groups -OCH3 is 1. The average Bonchev–Trinajstić information content (AvgIpc) is 2.78. The summed E-state index contributed by atoms with van der Waals surface area (Å²) in [5, 5.41) is 4.19. The van der Waals surface area contributed by atoms with Crippen LogP contribution in [-0.2, 0) is 16.1 Å². The quantitative estimate of drug-likeness (QED) is 0.875. The van der Waals surface area contributed by atoms with Gasteiger partial charge >= 0.3 is 0 Å². The molecule has 110 valence electrons. The maximum Gasteiger partial charge on any atom is 0.239 e. The SMILES string of the molecule is COCC(N)C(=O)NCc1nc2cc(Cl)ccc2s1.Cl. The van der Waals surface area contributed by atoms with Crippen LogP contribution in [0.15, 0.2) is 18.2 Å². The van der Waals surface area contributed by atoms with E-state index in [0.29, 0.717) is 11.6 Å². The lowest BCUT2D eigenvalue weighted by Gasteiger charge is -2.09. The fourth-order valence-corrected chi connectivity index (χ4v) is 2.63. The standard InChI is InChI=1S/C12H14ClN3O2S.ClH/c1-18-6-8(14)12(17)15-5-11-16-9-4-7(13)2-3-10(9)19-11;/h2-4,8H,5-6,14H2,1H3,(H,15,17);1H. The van der Waals surface area contributed by atoms with Gasteiger partial charge in [-0.3, -0.25) is 4.79 Å². The Morgan fingerprint density at radius 2 is 2.35 bits per heavy atom. The average molecular weight is 336 g/mol. The van der Waals surface area contributed by atoms with Crippen molar-refractivity contribution in [2.24, 2.45) is 5.73 Å². The van der Waals surface area contributed by atoms with Gasteiger partial charge in [-0.05, 0) is 18.2 Å². The molecule has 1 aromatic heterocycles. The van der Waals surface area contributed by atoms with E-state index in [-0.39, 0.29) is 24.9 Å². The summed E-state index contributed by atoms with van der Waals surface area (Å²) in [6.07, 6.45) is 0. The zero-order chi connectivity index (χ0) is 13.8. The Morgan fingerprint density at radius 1 is 1.60 bits per heavy atom. The van der Waals surface area contributed by atoms with Crippen LogP contribution in [0.3, 0.4) is 0 Å². The monoisotopic (exact) mass is 335 g/mol. The minimum Gasteiger partial charge on any atom is -0.383 e. The van der Waals surface area contributed by atoms with E-state index in [2.05, 4.69) is 10.3 Å². The van der Waals surface area contributed by atoms with Gasteiger partial charge in [-0.15, -0.1) is 23.7 Å². The van der Waals surface area contributed by atoms with Crippen molar-refractivity contribution >= 4 is 51.5 Å². The molecule has 3 N–H and O–H groups in total. The highest BCUT2D eigenvalue weighted by molar-refractivity contribution is 7.18. The summed E-state index contributed by atoms with van der Waals surface area (Å²) in [6.45, 7) is 0.550. The van der Waals surface area contributed by atoms with Crippen LogP contribution < -0.4 is 11.1 Å². The number of nitrogens with two attached hydrogens (primary N) is 1. The van der Waals surface area contributed by atoms with Crippen LogP contribution in [0, 0.1) is 0 Å². The predicted molar refractivity (Wildman–Crippen MR) is 83.6 cm³/mol. The van der Waals surface area contributed by atoms with Crippen molar-refractivity contribution in [1.82, 2.24) is 10.3 Å². The number of amides is 1. The molecule has 1 heterocycles. The van der Waals surface area contributed by atoms with Crippen molar-refractivity contribution in [2.75, 3.05) is 13.7 Å². The Hall–Kier alpha value is -0.920. The highest BCUT2D eigenvalue weighted by atomic mass is 35.5. The van der Waals surface area contributed by atoms with Crippen molar-refractivity contribution in [3.05, 3.63) is 28.2 Å². The molecule has 1 amide bonds. The van der Waals surface area contributed by atoms with E-state index >= 15 is 0 Å². The molecule has 0 saturated heterocycles. The minimum atomic E-state index is -0.658. The maximum absolute atomic E-state index is 11.6. The lowest BCUT2D eigenvalue weighted by Crippen LogP contribution is -2.43. The first kappa shape index (κ1) is 17.1. The lowest BCUT2D eigenvalue weighted by atomic mass is 10.3. The second-order valence-corrected chi connectivity index (χ2v) is 5.55. The van der Waals surface area contributed by atoms with Crippen molar-refractivity contribution in [2.45, 2.75) is 12.6 Å². The zero-order valence-corrected chi connectivity index (χ0v) is 13.1. The predicted octanol–water partition coefficient (Wildman–Crippen LogP) is 1.96. The van der Waals surface area contributed by atoms with Gasteiger partial charge in [0.1, 0.15) is 11.0 Å². The Balaban J connectivity index is 0.00000200. The van der Waals surface area contributed by atoms with Gasteiger partial charge in [0, 0.05) is 12.1 Å². The van der Waals surface area contributed by atoms with Gasteiger partial charge < -0.3 is 15.8 Å². The molecule has 0 bridgehead atoms. The first-order valence-corrected chi connectivity index (χ1v) is 6.87. The highest BCUT2D eigenvalue weighted by Gasteiger charge is 2.13. The zero-order valence-electron chi connectivity index (χ0n) is 10.8. The van der Waals surface area contributed by atoms with Gasteiger partial charge in [-0.1, -0.05) is 11.6 Å². The van der Waals surface area contributed by atoms with E-state index in [1.165, 1.54) is 18.4 Å². The molecule has 20 heavy (non-hydrogen) atoms. The molecule has 0 fully saturated rings. The molecular weight excluding hydrogens is 321 g/mol. The van der Waals surface area contributed by atoms with Gasteiger partial charge in [-0.25, -0.2) is 4.98 Å². The normalized spacial score (nSPS) is 11.9. The van der Waals surface area contributed by atoms with E-state index < -0.39 is 6.04 Å². The molecule has 8 heteroatoms. The van der Waals surface area contributed by atoms with Crippen LogP contribution >= 0.6 is 35.3 Å². The van der Waals surface area contributed by atoms with E-state index in [9.17, 15) is 4.79 Å². The van der Waals surface area contributed by atoms with Crippen LogP contribution in [0.2, 0.25) is 5.02 Å².